The molecule has 2 rings (SSSR count). The molecule has 18 heavy (non-hydrogen) atoms. The molecule has 0 saturated carbocycles. The Kier molecular flexibility index (Phi) is 3.05. The molecule has 0 saturated heterocycles. The number of nitrogen functional groups attached to an aromatic ring is 1. The van der Waals surface area contributed by atoms with E-state index in [1.165, 1.54) is 0 Å². The molecule has 0 aliphatic carbocycles. The summed E-state index contributed by atoms with van der Waals surface area (Å²) in [5.74, 6) is -0.0942. The van der Waals surface area contributed by atoms with Gasteiger partial charge in [-0.25, -0.2) is 0 Å². The number of aryl methyl sites for hydroxylation is 1. The molecule has 0 aliphatic rings. The Morgan fingerprint density at radius 1 is 1.56 bits per heavy atom. The highest BCUT2D eigenvalue weighted by Crippen LogP contribution is 2.16. The van der Waals surface area contributed by atoms with Gasteiger partial charge in [0.15, 0.2) is 5.82 Å². The average Bonchev–Trinajstić information content (AvgIpc) is 2.86. The first-order chi connectivity index (χ1) is 8.49. The fourth-order valence-corrected chi connectivity index (χ4v) is 1.61. The Morgan fingerprint density at radius 3 is 2.78 bits per heavy atom. The smallest absolute Gasteiger partial charge is 0.261 e. The van der Waals surface area contributed by atoms with Crippen molar-refractivity contribution < 1.29 is 4.79 Å². The van der Waals surface area contributed by atoms with Crippen LogP contribution in [0.25, 0.3) is 0 Å². The van der Waals surface area contributed by atoms with Gasteiger partial charge in [0.25, 0.3) is 5.91 Å². The maximum Gasteiger partial charge on any atom is 0.261 e. The third-order valence-corrected chi connectivity index (χ3v) is 2.59. The molecular formula is C11H16N6O. The summed E-state index contributed by atoms with van der Waals surface area (Å²) in [4.78, 5) is 12.0. The zero-order valence-electron chi connectivity index (χ0n) is 10.6. The van der Waals surface area contributed by atoms with Crippen molar-refractivity contribution in [2.75, 3.05) is 11.1 Å². The maximum absolute atomic E-state index is 12.0. The van der Waals surface area contributed by atoms with Gasteiger partial charge in [0.1, 0.15) is 5.56 Å². The van der Waals surface area contributed by atoms with Gasteiger partial charge in [0.05, 0.1) is 11.9 Å². The number of amides is 1. The van der Waals surface area contributed by atoms with E-state index in [0.29, 0.717) is 16.9 Å². The summed E-state index contributed by atoms with van der Waals surface area (Å²) in [6.45, 7) is 5.77. The molecule has 7 nitrogen and oxygen atoms in total. The van der Waals surface area contributed by atoms with Gasteiger partial charge < -0.3 is 11.1 Å². The maximum atomic E-state index is 12.0. The summed E-state index contributed by atoms with van der Waals surface area (Å²) in [5, 5.41) is 13.3. The Morgan fingerprint density at radius 2 is 2.28 bits per heavy atom. The zero-order valence-corrected chi connectivity index (χ0v) is 10.6. The van der Waals surface area contributed by atoms with Crippen LogP contribution in [0.15, 0.2) is 12.4 Å². The van der Waals surface area contributed by atoms with Gasteiger partial charge in [-0.05, 0) is 20.8 Å². The van der Waals surface area contributed by atoms with Crippen molar-refractivity contribution in [2.45, 2.75) is 26.8 Å². The van der Waals surface area contributed by atoms with E-state index in [4.69, 9.17) is 5.73 Å². The highest BCUT2D eigenvalue weighted by molar-refractivity contribution is 6.07. The SMILES string of the molecule is Cc1[nH]nc(N)c1C(=O)Nc1cnn(C(C)C)c1. The molecule has 0 radical (unpaired) electrons. The van der Waals surface area contributed by atoms with Crippen LogP contribution in [0.2, 0.25) is 0 Å². The number of H-pyrrole nitrogens is 1. The summed E-state index contributed by atoms with van der Waals surface area (Å²) < 4.78 is 1.77. The fraction of sp³-hybridized carbons (Fsp3) is 0.364. The first kappa shape index (κ1) is 12.2. The normalized spacial score (nSPS) is 10.9. The number of carbonyl (C=O) groups is 1. The van der Waals surface area contributed by atoms with Crippen LogP contribution in [0.3, 0.4) is 0 Å². The van der Waals surface area contributed by atoms with Gasteiger partial charge in [-0.2, -0.15) is 10.2 Å². The minimum atomic E-state index is -0.290. The summed E-state index contributed by atoms with van der Waals surface area (Å²) in [6, 6.07) is 0.247. The molecule has 0 unspecified atom stereocenters. The van der Waals surface area contributed by atoms with Crippen molar-refractivity contribution >= 4 is 17.4 Å². The molecule has 0 aliphatic heterocycles. The average molecular weight is 248 g/mol. The molecule has 0 aromatic carbocycles. The van der Waals surface area contributed by atoms with Gasteiger partial charge >= 0.3 is 0 Å². The lowest BCUT2D eigenvalue weighted by Crippen LogP contribution is -2.14. The Bertz CT molecular complexity index is 548. The minimum Gasteiger partial charge on any atom is -0.382 e. The van der Waals surface area contributed by atoms with E-state index in [1.54, 1.807) is 24.0 Å². The summed E-state index contributed by atoms with van der Waals surface area (Å²) >= 11 is 0. The second-order valence-corrected chi connectivity index (χ2v) is 4.37. The third-order valence-electron chi connectivity index (χ3n) is 2.59. The molecule has 1 amide bonds. The van der Waals surface area contributed by atoms with Crippen molar-refractivity contribution in [3.8, 4) is 0 Å². The number of nitrogens with zero attached hydrogens (tertiary/aromatic N) is 3. The van der Waals surface area contributed by atoms with Crippen LogP contribution in [0.5, 0.6) is 0 Å². The predicted molar refractivity (Wildman–Crippen MR) is 68.3 cm³/mol. The molecule has 0 fully saturated rings. The van der Waals surface area contributed by atoms with Crippen LogP contribution in [-0.4, -0.2) is 25.9 Å². The van der Waals surface area contributed by atoms with Gasteiger partial charge in [-0.15, -0.1) is 0 Å². The van der Waals surface area contributed by atoms with Gasteiger partial charge in [-0.3, -0.25) is 14.6 Å². The summed E-state index contributed by atoms with van der Waals surface area (Å²) in [5.41, 5.74) is 7.27. The van der Waals surface area contributed by atoms with E-state index in [2.05, 4.69) is 20.6 Å². The number of aromatic nitrogens is 4. The van der Waals surface area contributed by atoms with Crippen LogP contribution in [-0.2, 0) is 0 Å². The molecular weight excluding hydrogens is 232 g/mol. The standard InChI is InChI=1S/C11H16N6O/c1-6(2)17-5-8(4-13-17)14-11(18)9-7(3)15-16-10(9)12/h4-6H,1-3H3,(H,14,18)(H3,12,15,16). The summed E-state index contributed by atoms with van der Waals surface area (Å²) in [6.07, 6.45) is 3.37. The van der Waals surface area contributed by atoms with Crippen LogP contribution >= 0.6 is 0 Å². The number of carbonyl (C=O) groups excluding carboxylic acids is 1. The number of nitrogens with one attached hydrogen (secondary N) is 2. The topological polar surface area (TPSA) is 102 Å². The van der Waals surface area contributed by atoms with Crippen LogP contribution in [0.4, 0.5) is 11.5 Å². The Balaban J connectivity index is 2.16. The van der Waals surface area contributed by atoms with E-state index < -0.39 is 0 Å². The van der Waals surface area contributed by atoms with E-state index in [9.17, 15) is 4.79 Å². The van der Waals surface area contributed by atoms with Crippen molar-refractivity contribution in [3.05, 3.63) is 23.7 Å². The number of anilines is 2. The molecule has 4 N–H and O–H groups in total. The lowest BCUT2D eigenvalue weighted by Gasteiger charge is -2.04. The Labute approximate surface area is 104 Å². The monoisotopic (exact) mass is 248 g/mol. The number of nitrogens with two attached hydrogens (primary N) is 1. The third kappa shape index (κ3) is 2.20. The molecule has 2 aromatic heterocycles. The lowest BCUT2D eigenvalue weighted by molar-refractivity contribution is 0.102. The van der Waals surface area contributed by atoms with E-state index in [0.717, 1.165) is 0 Å². The lowest BCUT2D eigenvalue weighted by atomic mass is 10.2. The molecule has 96 valence electrons. The number of rotatable bonds is 3. The molecule has 0 bridgehead atoms. The van der Waals surface area contributed by atoms with Gasteiger partial charge in [0, 0.05) is 17.9 Å². The van der Waals surface area contributed by atoms with Crippen LogP contribution in [0.1, 0.15) is 35.9 Å². The summed E-state index contributed by atoms with van der Waals surface area (Å²) in [7, 11) is 0. The van der Waals surface area contributed by atoms with E-state index in [1.807, 2.05) is 13.8 Å². The van der Waals surface area contributed by atoms with Gasteiger partial charge in [-0.1, -0.05) is 0 Å². The van der Waals surface area contributed by atoms with Gasteiger partial charge in [0.2, 0.25) is 0 Å². The predicted octanol–water partition coefficient (Wildman–Crippen LogP) is 1.33. The molecule has 2 aromatic rings. The quantitative estimate of drug-likeness (QED) is 0.762. The Hall–Kier alpha value is -2.31. The highest BCUT2D eigenvalue weighted by atomic mass is 16.1. The first-order valence-corrected chi connectivity index (χ1v) is 5.65. The largest absolute Gasteiger partial charge is 0.382 e. The van der Waals surface area contributed by atoms with Crippen LogP contribution in [0, 0.1) is 6.92 Å². The van der Waals surface area contributed by atoms with Crippen molar-refractivity contribution in [1.29, 1.82) is 0 Å². The molecule has 0 spiro atoms. The highest BCUT2D eigenvalue weighted by Gasteiger charge is 2.16. The first-order valence-electron chi connectivity index (χ1n) is 5.65. The van der Waals surface area contributed by atoms with Crippen LogP contribution < -0.4 is 11.1 Å². The molecule has 2 heterocycles. The zero-order chi connectivity index (χ0) is 13.3. The molecule has 0 atom stereocenters. The fourth-order valence-electron chi connectivity index (χ4n) is 1.61. The number of hydrogen-bond donors (Lipinski definition) is 3. The van der Waals surface area contributed by atoms with Crippen molar-refractivity contribution in [3.63, 3.8) is 0 Å². The number of hydrogen-bond acceptors (Lipinski definition) is 4. The minimum absolute atomic E-state index is 0.196. The second kappa shape index (κ2) is 4.52. The number of aromatic amines is 1. The second-order valence-electron chi connectivity index (χ2n) is 4.37. The van der Waals surface area contributed by atoms with Crippen molar-refractivity contribution in [1.82, 2.24) is 20.0 Å². The van der Waals surface area contributed by atoms with E-state index in [-0.39, 0.29) is 17.8 Å². The van der Waals surface area contributed by atoms with E-state index >= 15 is 0 Å². The molecule has 7 heteroatoms. The van der Waals surface area contributed by atoms with Crippen molar-refractivity contribution in [2.24, 2.45) is 0 Å².